The molecule has 1 heterocycles. The lowest BCUT2D eigenvalue weighted by Gasteiger charge is -2.29. The van der Waals surface area contributed by atoms with Crippen LogP contribution in [0.5, 0.6) is 0 Å². The van der Waals surface area contributed by atoms with Crippen molar-refractivity contribution in [1.29, 1.82) is 0 Å². The average molecular weight is 256 g/mol. The average Bonchev–Trinajstić information content (AvgIpc) is 2.34. The van der Waals surface area contributed by atoms with E-state index in [1.54, 1.807) is 12.1 Å². The monoisotopic (exact) mass is 255 g/mol. The van der Waals surface area contributed by atoms with Crippen molar-refractivity contribution in [1.82, 2.24) is 5.32 Å². The van der Waals surface area contributed by atoms with E-state index < -0.39 is 0 Å². The smallest absolute Gasteiger partial charge is 0.142 e. The fraction of sp³-hybridized carbons (Fsp3) is 0.571. The molecule has 0 aliphatic carbocycles. The summed E-state index contributed by atoms with van der Waals surface area (Å²) in [7, 11) is 0. The van der Waals surface area contributed by atoms with Crippen LogP contribution in [0.25, 0.3) is 0 Å². The molecule has 0 aromatic heterocycles. The zero-order valence-corrected chi connectivity index (χ0v) is 10.9. The van der Waals surface area contributed by atoms with Gasteiger partial charge in [0.25, 0.3) is 0 Å². The van der Waals surface area contributed by atoms with Crippen molar-refractivity contribution >= 4 is 11.6 Å². The summed E-state index contributed by atoms with van der Waals surface area (Å²) in [6.45, 7) is 3.33. The van der Waals surface area contributed by atoms with E-state index in [-0.39, 0.29) is 10.8 Å². The molecule has 1 aliphatic heterocycles. The van der Waals surface area contributed by atoms with Crippen LogP contribution in [0, 0.1) is 11.7 Å². The third-order valence-corrected chi connectivity index (χ3v) is 3.95. The molecule has 1 fully saturated rings. The second-order valence-electron chi connectivity index (χ2n) is 4.90. The molecule has 1 aromatic rings. The van der Waals surface area contributed by atoms with Crippen molar-refractivity contribution in [3.05, 3.63) is 34.6 Å². The van der Waals surface area contributed by atoms with Crippen LogP contribution in [0.2, 0.25) is 5.02 Å². The Morgan fingerprint density at radius 3 is 3.00 bits per heavy atom. The molecule has 1 saturated heterocycles. The summed E-state index contributed by atoms with van der Waals surface area (Å²) in [6, 6.07) is 5.60. The topological polar surface area (TPSA) is 12.0 Å². The fourth-order valence-electron chi connectivity index (χ4n) is 2.57. The Bertz CT molecular complexity index is 380. The molecule has 0 bridgehead atoms. The van der Waals surface area contributed by atoms with Crippen molar-refractivity contribution in [2.75, 3.05) is 6.54 Å². The van der Waals surface area contributed by atoms with Crippen molar-refractivity contribution in [2.45, 2.75) is 38.6 Å². The Labute approximate surface area is 107 Å². The largest absolute Gasteiger partial charge is 0.314 e. The predicted molar refractivity (Wildman–Crippen MR) is 69.9 cm³/mol. The molecule has 3 heteroatoms. The van der Waals surface area contributed by atoms with Crippen molar-refractivity contribution < 1.29 is 4.39 Å². The normalized spacial score (nSPS) is 24.9. The van der Waals surface area contributed by atoms with Gasteiger partial charge in [0.15, 0.2) is 0 Å². The Hall–Kier alpha value is -0.600. The van der Waals surface area contributed by atoms with Gasteiger partial charge in [0.2, 0.25) is 0 Å². The van der Waals surface area contributed by atoms with Gasteiger partial charge in [-0.1, -0.05) is 31.0 Å². The Morgan fingerprint density at radius 2 is 2.29 bits per heavy atom. The molecular formula is C14H19ClFN. The molecule has 2 unspecified atom stereocenters. The number of rotatable bonds is 3. The highest BCUT2D eigenvalue weighted by Gasteiger charge is 2.20. The van der Waals surface area contributed by atoms with Crippen LogP contribution < -0.4 is 5.32 Å². The molecule has 0 amide bonds. The minimum Gasteiger partial charge on any atom is -0.314 e. The highest BCUT2D eigenvalue weighted by Crippen LogP contribution is 2.23. The maximum Gasteiger partial charge on any atom is 0.142 e. The van der Waals surface area contributed by atoms with E-state index in [0.717, 1.165) is 24.4 Å². The first-order chi connectivity index (χ1) is 8.19. The van der Waals surface area contributed by atoms with Gasteiger partial charge in [0, 0.05) is 6.04 Å². The molecule has 0 saturated carbocycles. The van der Waals surface area contributed by atoms with Crippen molar-refractivity contribution in [2.24, 2.45) is 5.92 Å². The first-order valence-electron chi connectivity index (χ1n) is 6.36. The number of piperidine rings is 1. The van der Waals surface area contributed by atoms with Gasteiger partial charge in [-0.2, -0.15) is 0 Å². The molecule has 17 heavy (non-hydrogen) atoms. The SMILES string of the molecule is CCC1CCNC(Cc2ccc(Cl)c(F)c2)C1. The summed E-state index contributed by atoms with van der Waals surface area (Å²) in [5.41, 5.74) is 1.03. The molecule has 1 aromatic carbocycles. The van der Waals surface area contributed by atoms with Crippen LogP contribution in [0.15, 0.2) is 18.2 Å². The van der Waals surface area contributed by atoms with Crippen LogP contribution in [0.1, 0.15) is 31.7 Å². The third-order valence-electron chi connectivity index (χ3n) is 3.65. The molecule has 1 aliphatic rings. The number of hydrogen-bond donors (Lipinski definition) is 1. The number of nitrogens with one attached hydrogen (secondary N) is 1. The zero-order valence-electron chi connectivity index (χ0n) is 10.2. The summed E-state index contributed by atoms with van der Waals surface area (Å²) < 4.78 is 13.3. The molecule has 1 nitrogen and oxygen atoms in total. The van der Waals surface area contributed by atoms with Gasteiger partial charge >= 0.3 is 0 Å². The molecule has 94 valence electrons. The summed E-state index contributed by atoms with van der Waals surface area (Å²) >= 11 is 5.68. The van der Waals surface area contributed by atoms with Gasteiger partial charge in [-0.05, 0) is 49.4 Å². The molecule has 2 atom stereocenters. The Morgan fingerprint density at radius 1 is 1.47 bits per heavy atom. The quantitative estimate of drug-likeness (QED) is 0.866. The zero-order chi connectivity index (χ0) is 12.3. The maximum absolute atomic E-state index is 13.3. The summed E-state index contributed by atoms with van der Waals surface area (Å²) in [5, 5.41) is 3.72. The standard InChI is InChI=1S/C14H19ClFN/c1-2-10-5-6-17-12(7-10)8-11-3-4-13(15)14(16)9-11/h3-4,9-10,12,17H,2,5-8H2,1H3. The lowest BCUT2D eigenvalue weighted by molar-refractivity contribution is 0.294. The lowest BCUT2D eigenvalue weighted by atomic mass is 9.88. The minimum atomic E-state index is -0.313. The summed E-state index contributed by atoms with van der Waals surface area (Å²) in [4.78, 5) is 0. The number of hydrogen-bond acceptors (Lipinski definition) is 1. The van der Waals surface area contributed by atoms with Gasteiger partial charge in [-0.15, -0.1) is 0 Å². The van der Waals surface area contributed by atoms with Crippen molar-refractivity contribution in [3.8, 4) is 0 Å². The van der Waals surface area contributed by atoms with Crippen molar-refractivity contribution in [3.63, 3.8) is 0 Å². The van der Waals surface area contributed by atoms with Gasteiger partial charge in [-0.25, -0.2) is 4.39 Å². The van der Waals surface area contributed by atoms with Crippen LogP contribution in [0.3, 0.4) is 0 Å². The van der Waals surface area contributed by atoms with Gasteiger partial charge in [-0.3, -0.25) is 0 Å². The first kappa shape index (κ1) is 12.8. The third kappa shape index (κ3) is 3.43. The second kappa shape index (κ2) is 5.83. The van der Waals surface area contributed by atoms with Gasteiger partial charge in [0.1, 0.15) is 5.82 Å². The Balaban J connectivity index is 1.97. The molecule has 2 rings (SSSR count). The molecular weight excluding hydrogens is 237 g/mol. The van der Waals surface area contributed by atoms with E-state index in [4.69, 9.17) is 11.6 Å². The van der Waals surface area contributed by atoms with E-state index in [1.807, 2.05) is 6.07 Å². The molecule has 0 radical (unpaired) electrons. The van der Waals surface area contributed by atoms with E-state index in [1.165, 1.54) is 19.3 Å². The highest BCUT2D eigenvalue weighted by atomic mass is 35.5. The minimum absolute atomic E-state index is 0.205. The maximum atomic E-state index is 13.3. The molecule has 0 spiro atoms. The van der Waals surface area contributed by atoms with Gasteiger partial charge < -0.3 is 5.32 Å². The number of halogens is 2. The van der Waals surface area contributed by atoms with Gasteiger partial charge in [0.05, 0.1) is 5.02 Å². The van der Waals surface area contributed by atoms with Crippen LogP contribution in [-0.2, 0) is 6.42 Å². The Kier molecular flexibility index (Phi) is 4.41. The fourth-order valence-corrected chi connectivity index (χ4v) is 2.69. The number of benzene rings is 1. The lowest BCUT2D eigenvalue weighted by Crippen LogP contribution is -2.39. The van der Waals surface area contributed by atoms with E-state index in [2.05, 4.69) is 12.2 Å². The first-order valence-corrected chi connectivity index (χ1v) is 6.74. The van der Waals surface area contributed by atoms with E-state index >= 15 is 0 Å². The summed E-state index contributed by atoms with van der Waals surface area (Å²) in [6.07, 6.45) is 4.60. The summed E-state index contributed by atoms with van der Waals surface area (Å²) in [5.74, 6) is 0.505. The predicted octanol–water partition coefficient (Wildman–Crippen LogP) is 3.80. The second-order valence-corrected chi connectivity index (χ2v) is 5.31. The van der Waals surface area contributed by atoms with E-state index in [9.17, 15) is 4.39 Å². The van der Waals surface area contributed by atoms with Crippen LogP contribution in [-0.4, -0.2) is 12.6 Å². The van der Waals surface area contributed by atoms with Crippen LogP contribution >= 0.6 is 11.6 Å². The highest BCUT2D eigenvalue weighted by molar-refractivity contribution is 6.30. The molecule has 1 N–H and O–H groups in total. The van der Waals surface area contributed by atoms with E-state index in [0.29, 0.717) is 6.04 Å². The van der Waals surface area contributed by atoms with Crippen LogP contribution in [0.4, 0.5) is 4.39 Å².